The number of carboxylic acids is 1. The summed E-state index contributed by atoms with van der Waals surface area (Å²) in [6.45, 7) is 6.51. The summed E-state index contributed by atoms with van der Waals surface area (Å²) < 4.78 is 11.1. The molecule has 1 atom stereocenters. The highest BCUT2D eigenvalue weighted by Gasteiger charge is 2.21. The minimum atomic E-state index is -1.41. The monoisotopic (exact) mass is 280 g/mol. The molecule has 0 saturated heterocycles. The maximum Gasteiger partial charge on any atom is 0.372 e. The summed E-state index contributed by atoms with van der Waals surface area (Å²) in [7, 11) is 0. The molecule has 0 bridgehead atoms. The van der Waals surface area contributed by atoms with Gasteiger partial charge < -0.3 is 14.6 Å². The van der Waals surface area contributed by atoms with Crippen molar-refractivity contribution >= 4 is 11.8 Å². The second-order valence-corrected chi connectivity index (χ2v) is 4.37. The Bertz CT molecular complexity index is 481. The SMILES string of the molecule is CCOc1cccc(C(C)CC(=O)C(=O)O)c1OCC. The van der Waals surface area contributed by atoms with Crippen molar-refractivity contribution in [2.45, 2.75) is 33.1 Å². The van der Waals surface area contributed by atoms with Gasteiger partial charge in [-0.25, -0.2) is 4.79 Å². The molecular formula is C15H20O5. The van der Waals surface area contributed by atoms with Gasteiger partial charge in [0.05, 0.1) is 13.2 Å². The second kappa shape index (κ2) is 7.53. The van der Waals surface area contributed by atoms with Gasteiger partial charge in [0, 0.05) is 12.0 Å². The first-order chi connectivity index (χ1) is 9.51. The molecule has 0 saturated carbocycles. The third-order valence-corrected chi connectivity index (χ3v) is 2.86. The van der Waals surface area contributed by atoms with Gasteiger partial charge in [-0.1, -0.05) is 19.1 Å². The summed E-state index contributed by atoms with van der Waals surface area (Å²) in [4.78, 5) is 22.0. The van der Waals surface area contributed by atoms with Gasteiger partial charge in [-0.3, -0.25) is 4.79 Å². The molecule has 5 nitrogen and oxygen atoms in total. The van der Waals surface area contributed by atoms with Crippen LogP contribution in [-0.2, 0) is 9.59 Å². The third kappa shape index (κ3) is 3.98. The van der Waals surface area contributed by atoms with Gasteiger partial charge in [0.1, 0.15) is 0 Å². The molecule has 1 N–H and O–H groups in total. The molecule has 0 aliphatic heterocycles. The summed E-state index contributed by atoms with van der Waals surface area (Å²) in [5.74, 6) is -1.26. The first kappa shape index (κ1) is 16.0. The van der Waals surface area contributed by atoms with Crippen molar-refractivity contribution in [2.75, 3.05) is 13.2 Å². The van der Waals surface area contributed by atoms with Gasteiger partial charge in [-0.05, 0) is 25.8 Å². The fraction of sp³-hybridized carbons (Fsp3) is 0.467. The lowest BCUT2D eigenvalue weighted by Crippen LogP contribution is -2.15. The number of para-hydroxylation sites is 1. The number of rotatable bonds is 8. The van der Waals surface area contributed by atoms with E-state index in [2.05, 4.69) is 0 Å². The van der Waals surface area contributed by atoms with E-state index in [1.54, 1.807) is 13.0 Å². The lowest BCUT2D eigenvalue weighted by Gasteiger charge is -2.18. The summed E-state index contributed by atoms with van der Waals surface area (Å²) in [6.07, 6.45) is -0.0645. The molecule has 1 rings (SSSR count). The fourth-order valence-corrected chi connectivity index (χ4v) is 1.96. The van der Waals surface area contributed by atoms with E-state index in [4.69, 9.17) is 14.6 Å². The van der Waals surface area contributed by atoms with Gasteiger partial charge in [0.2, 0.25) is 5.78 Å². The van der Waals surface area contributed by atoms with E-state index in [1.165, 1.54) is 0 Å². The van der Waals surface area contributed by atoms with E-state index in [9.17, 15) is 9.59 Å². The zero-order chi connectivity index (χ0) is 15.1. The molecule has 0 aliphatic carbocycles. The number of ketones is 1. The average molecular weight is 280 g/mol. The fourth-order valence-electron chi connectivity index (χ4n) is 1.96. The summed E-state index contributed by atoms with van der Waals surface area (Å²) in [5, 5.41) is 8.68. The Kier molecular flexibility index (Phi) is 6.03. The normalized spacial score (nSPS) is 11.8. The van der Waals surface area contributed by atoms with Gasteiger partial charge in [-0.15, -0.1) is 0 Å². The van der Waals surface area contributed by atoms with Crippen LogP contribution < -0.4 is 9.47 Å². The molecule has 20 heavy (non-hydrogen) atoms. The zero-order valence-electron chi connectivity index (χ0n) is 12.0. The summed E-state index contributed by atoms with van der Waals surface area (Å²) in [5.41, 5.74) is 0.785. The number of Topliss-reactive ketones (excluding diaryl/α,β-unsaturated/α-hetero) is 1. The topological polar surface area (TPSA) is 72.8 Å². The molecule has 0 amide bonds. The highest BCUT2D eigenvalue weighted by atomic mass is 16.5. The van der Waals surface area contributed by atoms with Crippen LogP contribution in [0.3, 0.4) is 0 Å². The van der Waals surface area contributed by atoms with Crippen LogP contribution >= 0.6 is 0 Å². The lowest BCUT2D eigenvalue weighted by atomic mass is 9.94. The summed E-state index contributed by atoms with van der Waals surface area (Å²) >= 11 is 0. The van der Waals surface area contributed by atoms with E-state index < -0.39 is 11.8 Å². The number of aliphatic carboxylic acids is 1. The third-order valence-electron chi connectivity index (χ3n) is 2.86. The van der Waals surface area contributed by atoms with E-state index >= 15 is 0 Å². The average Bonchev–Trinajstić information content (AvgIpc) is 2.40. The molecule has 0 aromatic heterocycles. The van der Waals surface area contributed by atoms with Crippen molar-refractivity contribution in [3.63, 3.8) is 0 Å². The Morgan fingerprint density at radius 2 is 1.85 bits per heavy atom. The van der Waals surface area contributed by atoms with Crippen LogP contribution in [0.1, 0.15) is 38.7 Å². The Labute approximate surface area is 118 Å². The Morgan fingerprint density at radius 3 is 2.40 bits per heavy atom. The number of carbonyl (C=O) groups is 2. The molecule has 0 heterocycles. The van der Waals surface area contributed by atoms with Crippen LogP contribution in [0, 0.1) is 0 Å². The van der Waals surface area contributed by atoms with Crippen molar-refractivity contribution < 1.29 is 24.2 Å². The lowest BCUT2D eigenvalue weighted by molar-refractivity contribution is -0.149. The minimum absolute atomic E-state index is 0.0645. The molecule has 1 unspecified atom stereocenters. The quantitative estimate of drug-likeness (QED) is 0.741. The second-order valence-electron chi connectivity index (χ2n) is 4.37. The van der Waals surface area contributed by atoms with Gasteiger partial charge in [0.15, 0.2) is 11.5 Å². The molecule has 1 aromatic rings. The largest absolute Gasteiger partial charge is 0.490 e. The van der Waals surface area contributed by atoms with Crippen molar-refractivity contribution in [2.24, 2.45) is 0 Å². The van der Waals surface area contributed by atoms with E-state index in [0.717, 1.165) is 5.56 Å². The molecule has 110 valence electrons. The Balaban J connectivity index is 3.05. The van der Waals surface area contributed by atoms with Gasteiger partial charge in [-0.2, -0.15) is 0 Å². The standard InChI is InChI=1S/C15H20O5/c1-4-19-13-8-6-7-11(14(13)20-5-2)10(3)9-12(16)15(17)18/h6-8,10H,4-5,9H2,1-3H3,(H,17,18). The zero-order valence-corrected chi connectivity index (χ0v) is 12.0. The maximum absolute atomic E-state index is 11.3. The molecule has 0 fully saturated rings. The molecule has 5 heteroatoms. The van der Waals surface area contributed by atoms with Gasteiger partial charge >= 0.3 is 5.97 Å². The number of hydrogen-bond donors (Lipinski definition) is 1. The first-order valence-electron chi connectivity index (χ1n) is 6.65. The first-order valence-corrected chi connectivity index (χ1v) is 6.65. The van der Waals surface area contributed by atoms with Crippen LogP contribution in [-0.4, -0.2) is 30.1 Å². The van der Waals surface area contributed by atoms with E-state index in [1.807, 2.05) is 26.0 Å². The highest BCUT2D eigenvalue weighted by molar-refractivity contribution is 6.32. The van der Waals surface area contributed by atoms with Crippen LogP contribution in [0.25, 0.3) is 0 Å². The number of ether oxygens (including phenoxy) is 2. The molecule has 0 aliphatic rings. The smallest absolute Gasteiger partial charge is 0.372 e. The van der Waals surface area contributed by atoms with E-state index in [-0.39, 0.29) is 12.3 Å². The maximum atomic E-state index is 11.3. The van der Waals surface area contributed by atoms with Crippen molar-refractivity contribution in [3.05, 3.63) is 23.8 Å². The number of hydrogen-bond acceptors (Lipinski definition) is 4. The molecule has 1 aromatic carbocycles. The Hall–Kier alpha value is -2.04. The number of carbonyl (C=O) groups excluding carboxylic acids is 1. The van der Waals surface area contributed by atoms with Gasteiger partial charge in [0.25, 0.3) is 0 Å². The predicted molar refractivity (Wildman–Crippen MR) is 74.5 cm³/mol. The van der Waals surface area contributed by atoms with Crippen LogP contribution in [0.4, 0.5) is 0 Å². The van der Waals surface area contributed by atoms with Crippen LogP contribution in [0.2, 0.25) is 0 Å². The Morgan fingerprint density at radius 1 is 1.20 bits per heavy atom. The van der Waals surface area contributed by atoms with Crippen LogP contribution in [0.5, 0.6) is 11.5 Å². The highest BCUT2D eigenvalue weighted by Crippen LogP contribution is 2.37. The molecule has 0 radical (unpaired) electrons. The van der Waals surface area contributed by atoms with Crippen LogP contribution in [0.15, 0.2) is 18.2 Å². The van der Waals surface area contributed by atoms with Crippen molar-refractivity contribution in [1.29, 1.82) is 0 Å². The molecule has 0 spiro atoms. The van der Waals surface area contributed by atoms with Crippen molar-refractivity contribution in [3.8, 4) is 11.5 Å². The van der Waals surface area contributed by atoms with Crippen molar-refractivity contribution in [1.82, 2.24) is 0 Å². The summed E-state index contributed by atoms with van der Waals surface area (Å²) in [6, 6.07) is 5.43. The number of carboxylic acid groups (broad SMARTS) is 1. The van der Waals surface area contributed by atoms with E-state index in [0.29, 0.717) is 24.7 Å². The molecular weight excluding hydrogens is 260 g/mol. The predicted octanol–water partition coefficient (Wildman–Crippen LogP) is 2.63. The number of benzene rings is 1. The minimum Gasteiger partial charge on any atom is -0.490 e.